The van der Waals surface area contributed by atoms with Crippen LogP contribution in [0.15, 0.2) is 65.7 Å². The Bertz CT molecular complexity index is 1130. The summed E-state index contributed by atoms with van der Waals surface area (Å²) >= 11 is 1.06. The number of thiazole rings is 1. The molecule has 0 aliphatic carbocycles. The molecule has 168 valence electrons. The number of rotatable bonds is 7. The van der Waals surface area contributed by atoms with E-state index in [9.17, 15) is 14.7 Å². The Kier molecular flexibility index (Phi) is 7.80. The van der Waals surface area contributed by atoms with Crippen molar-refractivity contribution >= 4 is 23.4 Å². The van der Waals surface area contributed by atoms with Crippen LogP contribution in [0.2, 0.25) is 0 Å². The lowest BCUT2D eigenvalue weighted by Crippen LogP contribution is -2.33. The molecule has 0 aliphatic heterocycles. The van der Waals surface area contributed by atoms with E-state index >= 15 is 0 Å². The summed E-state index contributed by atoms with van der Waals surface area (Å²) < 4.78 is 11.5. The summed E-state index contributed by atoms with van der Waals surface area (Å²) in [5.41, 5.74) is 4.62. The van der Waals surface area contributed by atoms with Crippen molar-refractivity contribution in [3.05, 3.63) is 87.2 Å². The molecule has 0 saturated carbocycles. The quantitative estimate of drug-likeness (QED) is 0.531. The molecule has 32 heavy (non-hydrogen) atoms. The predicted octanol–water partition coefficient (Wildman–Crippen LogP) is 3.55. The van der Waals surface area contributed by atoms with Crippen molar-refractivity contribution < 1.29 is 24.2 Å². The molecule has 0 spiro atoms. The van der Waals surface area contributed by atoms with Gasteiger partial charge in [-0.25, -0.2) is 19.7 Å². The largest absolute Gasteiger partial charge is 0.465 e. The van der Waals surface area contributed by atoms with Crippen molar-refractivity contribution in [1.29, 1.82) is 0 Å². The molecule has 1 aromatic heterocycles. The summed E-state index contributed by atoms with van der Waals surface area (Å²) in [7, 11) is 1.28. The van der Waals surface area contributed by atoms with Gasteiger partial charge in [0.15, 0.2) is 0 Å². The van der Waals surface area contributed by atoms with E-state index < -0.39 is 24.2 Å². The Morgan fingerprint density at radius 1 is 1.12 bits per heavy atom. The number of hydrogen-bond donors (Lipinski definition) is 2. The van der Waals surface area contributed by atoms with Crippen LogP contribution < -0.4 is 10.2 Å². The summed E-state index contributed by atoms with van der Waals surface area (Å²) in [5.74, 6) is -0.543. The zero-order valence-corrected chi connectivity index (χ0v) is 18.8. The van der Waals surface area contributed by atoms with Gasteiger partial charge in [-0.05, 0) is 25.0 Å². The van der Waals surface area contributed by atoms with Crippen molar-refractivity contribution in [3.8, 4) is 0 Å². The van der Waals surface area contributed by atoms with Crippen molar-refractivity contribution in [2.24, 2.45) is 4.99 Å². The Hall–Kier alpha value is -3.43. The van der Waals surface area contributed by atoms with Crippen LogP contribution >= 0.6 is 11.3 Å². The van der Waals surface area contributed by atoms with Crippen molar-refractivity contribution in [2.45, 2.75) is 32.6 Å². The molecule has 2 N–H and O–H groups in total. The van der Waals surface area contributed by atoms with E-state index in [0.29, 0.717) is 16.1 Å². The van der Waals surface area contributed by atoms with Crippen LogP contribution in [0, 0.1) is 6.92 Å². The zero-order valence-electron chi connectivity index (χ0n) is 18.0. The molecule has 0 radical (unpaired) electrons. The fraction of sp³-hybridized carbons (Fsp3) is 0.261. The molecule has 8 nitrogen and oxygen atoms in total. The number of benzene rings is 2. The number of nitrogens with one attached hydrogen (secondary N) is 1. The fourth-order valence-electron chi connectivity index (χ4n) is 2.97. The maximum Gasteiger partial charge on any atom is 0.426 e. The van der Waals surface area contributed by atoms with Crippen LogP contribution in [0.5, 0.6) is 0 Å². The van der Waals surface area contributed by atoms with Gasteiger partial charge in [0.05, 0.1) is 18.8 Å². The molecular formula is C23H25N3O5S. The average molecular weight is 456 g/mol. The molecule has 3 aromatic rings. The van der Waals surface area contributed by atoms with E-state index in [4.69, 9.17) is 9.47 Å². The van der Waals surface area contributed by atoms with Gasteiger partial charge in [-0.1, -0.05) is 72.0 Å². The molecule has 1 heterocycles. The Morgan fingerprint density at radius 2 is 1.75 bits per heavy atom. The number of aromatic nitrogens is 1. The molecule has 3 rings (SSSR count). The molecule has 2 unspecified atom stereocenters. The Labute approximate surface area is 189 Å². The Morgan fingerprint density at radius 3 is 2.38 bits per heavy atom. The molecule has 0 bridgehead atoms. The Balaban J connectivity index is 1.87. The van der Waals surface area contributed by atoms with Crippen LogP contribution in [-0.4, -0.2) is 35.0 Å². The predicted molar refractivity (Wildman–Crippen MR) is 121 cm³/mol. The summed E-state index contributed by atoms with van der Waals surface area (Å²) in [6.07, 6.45) is -1.57. The second-order valence-corrected chi connectivity index (χ2v) is 8.00. The monoisotopic (exact) mass is 455 g/mol. The van der Waals surface area contributed by atoms with E-state index in [1.54, 1.807) is 13.8 Å². The van der Waals surface area contributed by atoms with Crippen LogP contribution in [-0.2, 0) is 16.1 Å². The normalized spacial score (nSPS) is 13.3. The molecule has 0 saturated heterocycles. The number of aliphatic hydroxyl groups excluding tert-OH is 1. The number of carbonyl (C=O) groups excluding carboxylic acids is 2. The van der Waals surface area contributed by atoms with Gasteiger partial charge in [-0.2, -0.15) is 0 Å². The minimum Gasteiger partial charge on any atom is -0.465 e. The summed E-state index contributed by atoms with van der Waals surface area (Å²) in [6.45, 7) is 3.51. The highest BCUT2D eigenvalue weighted by Gasteiger charge is 2.21. The van der Waals surface area contributed by atoms with Crippen molar-refractivity contribution in [1.82, 2.24) is 4.68 Å². The standard InChI is InChI=1S/C23H25N3O5S/c1-15(19(27)18-12-8-5-9-13-18)24-22-26(16(2)20(32-22)21(28)30-3)25-23(29)31-14-17-10-6-4-7-11-17/h4-13,15,19,27H,14H2,1-3H3,(H,25,29). The first-order chi connectivity index (χ1) is 15.4. The lowest BCUT2D eigenvalue weighted by atomic mass is 10.0. The number of esters is 1. The third kappa shape index (κ3) is 5.63. The van der Waals surface area contributed by atoms with Crippen molar-refractivity contribution in [3.63, 3.8) is 0 Å². The van der Waals surface area contributed by atoms with Crippen LogP contribution in [0.25, 0.3) is 0 Å². The first-order valence-electron chi connectivity index (χ1n) is 9.96. The first-order valence-corrected chi connectivity index (χ1v) is 10.8. The second kappa shape index (κ2) is 10.7. The number of carbonyl (C=O) groups is 2. The minimum absolute atomic E-state index is 0.0931. The zero-order chi connectivity index (χ0) is 23.1. The molecule has 1 amide bonds. The van der Waals surface area contributed by atoms with Gasteiger partial charge in [0.1, 0.15) is 17.6 Å². The SMILES string of the molecule is COC(=O)c1sc(=NC(C)C(O)c2ccccc2)n(NC(=O)OCc2ccccc2)c1C. The average Bonchev–Trinajstić information content (AvgIpc) is 3.12. The van der Waals surface area contributed by atoms with Gasteiger partial charge in [0, 0.05) is 0 Å². The van der Waals surface area contributed by atoms with Gasteiger partial charge < -0.3 is 14.6 Å². The maximum absolute atomic E-state index is 12.4. The van der Waals surface area contributed by atoms with Gasteiger partial charge in [0.25, 0.3) is 0 Å². The molecule has 0 fully saturated rings. The lowest BCUT2D eigenvalue weighted by Gasteiger charge is -2.15. The highest BCUT2D eigenvalue weighted by molar-refractivity contribution is 7.11. The highest BCUT2D eigenvalue weighted by atomic mass is 32.1. The molecule has 9 heteroatoms. The summed E-state index contributed by atoms with van der Waals surface area (Å²) in [5, 5.41) is 10.7. The van der Waals surface area contributed by atoms with E-state index in [2.05, 4.69) is 10.4 Å². The third-order valence-corrected chi connectivity index (χ3v) is 5.88. The van der Waals surface area contributed by atoms with Gasteiger partial charge in [0.2, 0.25) is 4.80 Å². The molecular weight excluding hydrogens is 430 g/mol. The van der Waals surface area contributed by atoms with Crippen LogP contribution in [0.3, 0.4) is 0 Å². The maximum atomic E-state index is 12.4. The number of nitrogens with zero attached hydrogens (tertiary/aromatic N) is 2. The number of hydrogen-bond acceptors (Lipinski definition) is 7. The first kappa shape index (κ1) is 23.2. The van der Waals surface area contributed by atoms with Crippen LogP contribution in [0.4, 0.5) is 4.79 Å². The molecule has 2 atom stereocenters. The summed E-state index contributed by atoms with van der Waals surface area (Å²) in [4.78, 5) is 29.8. The van der Waals surface area contributed by atoms with Crippen molar-refractivity contribution in [2.75, 3.05) is 12.5 Å². The van der Waals surface area contributed by atoms with Gasteiger partial charge >= 0.3 is 12.1 Å². The lowest BCUT2D eigenvalue weighted by molar-refractivity contribution is 0.0604. The van der Waals surface area contributed by atoms with E-state index in [0.717, 1.165) is 16.9 Å². The fourth-order valence-corrected chi connectivity index (χ4v) is 4.05. The topological polar surface area (TPSA) is 102 Å². The number of methoxy groups -OCH3 is 1. The number of aliphatic hydroxyl groups is 1. The number of ether oxygens (including phenoxy) is 2. The third-order valence-electron chi connectivity index (χ3n) is 4.75. The van der Waals surface area contributed by atoms with Crippen LogP contribution in [0.1, 0.15) is 39.5 Å². The molecule has 2 aromatic carbocycles. The second-order valence-electron chi connectivity index (χ2n) is 7.02. The van der Waals surface area contributed by atoms with E-state index in [-0.39, 0.29) is 11.5 Å². The molecule has 0 aliphatic rings. The summed E-state index contributed by atoms with van der Waals surface area (Å²) in [6, 6.07) is 17.9. The number of amides is 1. The minimum atomic E-state index is -0.862. The van der Waals surface area contributed by atoms with E-state index in [1.165, 1.54) is 11.8 Å². The van der Waals surface area contributed by atoms with Gasteiger partial charge in [-0.3, -0.25) is 4.99 Å². The smallest absolute Gasteiger partial charge is 0.426 e. The van der Waals surface area contributed by atoms with E-state index in [1.807, 2.05) is 60.7 Å². The van der Waals surface area contributed by atoms with Gasteiger partial charge in [-0.15, -0.1) is 0 Å². The highest BCUT2D eigenvalue weighted by Crippen LogP contribution is 2.19.